The van der Waals surface area contributed by atoms with Crippen LogP contribution in [0, 0.1) is 0 Å². The van der Waals surface area contributed by atoms with Crippen molar-refractivity contribution < 1.29 is 29.4 Å². The molecule has 4 bridgehead atoms. The average Bonchev–Trinajstić information content (AvgIpc) is 2.94. The molecule has 3 atom stereocenters. The molecule has 1 aliphatic rings. The second kappa shape index (κ2) is 13.9. The lowest BCUT2D eigenvalue weighted by Gasteiger charge is -2.36. The highest BCUT2D eigenvalue weighted by molar-refractivity contribution is 5.95. The average molecular weight is 570 g/mol. The van der Waals surface area contributed by atoms with Gasteiger partial charge in [-0.25, -0.2) is 0 Å². The molecular weight excluding hydrogens is 530 g/mol. The number of primary amides is 1. The first-order chi connectivity index (χ1) is 19.5. The summed E-state index contributed by atoms with van der Waals surface area (Å²) >= 11 is 0. The zero-order valence-corrected chi connectivity index (χ0v) is 23.1. The van der Waals surface area contributed by atoms with E-state index in [1.165, 1.54) is 24.1 Å². The van der Waals surface area contributed by atoms with Crippen molar-refractivity contribution in [2.24, 2.45) is 22.9 Å². The van der Waals surface area contributed by atoms with Crippen LogP contribution in [0.4, 0.5) is 0 Å². The van der Waals surface area contributed by atoms with Gasteiger partial charge in [0.2, 0.25) is 23.6 Å². The fourth-order valence-corrected chi connectivity index (χ4v) is 4.92. The molecule has 1 aliphatic heterocycles. The van der Waals surface area contributed by atoms with E-state index in [1.54, 1.807) is 24.3 Å². The first-order valence-corrected chi connectivity index (χ1v) is 13.4. The van der Waals surface area contributed by atoms with Crippen molar-refractivity contribution in [3.63, 3.8) is 0 Å². The summed E-state index contributed by atoms with van der Waals surface area (Å²) in [6, 6.07) is 5.96. The van der Waals surface area contributed by atoms with Crippen molar-refractivity contribution in [1.82, 2.24) is 15.1 Å². The van der Waals surface area contributed by atoms with Gasteiger partial charge in [-0.05, 0) is 65.9 Å². The van der Waals surface area contributed by atoms with Crippen LogP contribution in [0.2, 0.25) is 0 Å². The van der Waals surface area contributed by atoms with Gasteiger partial charge in [0.05, 0.1) is 6.04 Å². The Labute approximate surface area is 238 Å². The summed E-state index contributed by atoms with van der Waals surface area (Å²) in [5.41, 5.74) is 25.3. The van der Waals surface area contributed by atoms with Crippen LogP contribution in [0.5, 0.6) is 11.5 Å². The number of hydrogen-bond acceptors (Lipinski definition) is 9. The number of fused-ring (bicyclic) bond motifs is 5. The predicted octanol–water partition coefficient (Wildman–Crippen LogP) is -1.49. The van der Waals surface area contributed by atoms with Gasteiger partial charge in [-0.2, -0.15) is 0 Å². The van der Waals surface area contributed by atoms with Gasteiger partial charge in [-0.3, -0.25) is 19.2 Å². The van der Waals surface area contributed by atoms with Crippen LogP contribution in [0.1, 0.15) is 24.0 Å². The molecule has 222 valence electrons. The lowest BCUT2D eigenvalue weighted by atomic mass is 9.95. The second-order valence-electron chi connectivity index (χ2n) is 10.1. The Balaban J connectivity index is 2.22. The SMILES string of the molecule is CN1C(=O)[C@@H](N)Cc2cc(ccc2O)-c2ccc(O)c(c2)C[C@@H](C(N)=O)N(CC(=O)NCCN)C(=O)[C@@H]1CCCN. The summed E-state index contributed by atoms with van der Waals surface area (Å²) in [5.74, 6) is -2.97. The van der Waals surface area contributed by atoms with E-state index in [4.69, 9.17) is 22.9 Å². The molecule has 0 fully saturated rings. The Kier molecular flexibility index (Phi) is 10.6. The molecule has 2 aromatic carbocycles. The van der Waals surface area contributed by atoms with Crippen LogP contribution in [-0.2, 0) is 32.0 Å². The van der Waals surface area contributed by atoms with Crippen LogP contribution in [-0.4, -0.2) is 95.0 Å². The summed E-state index contributed by atoms with van der Waals surface area (Å²) in [4.78, 5) is 55.5. The third-order valence-electron chi connectivity index (χ3n) is 7.21. The van der Waals surface area contributed by atoms with Crippen molar-refractivity contribution in [3.8, 4) is 22.6 Å². The molecule has 13 nitrogen and oxygen atoms in total. The molecule has 2 aromatic rings. The standard InChI is InChI=1S/C28H39N7O6/c1-34-21(3-2-8-29)28(41)35(15-25(38)33-10-9-30)22(26(32)39)14-19-12-17(5-7-24(19)37)16-4-6-23(36)18(11-16)13-20(31)27(34)40/h4-7,11-12,20-22,36-37H,2-3,8-10,13-15,29-31H2,1H3,(H2,32,39)(H,33,38)/t20-,21-,22-/m0/s1. The fraction of sp³-hybridized carbons (Fsp3) is 0.429. The van der Waals surface area contributed by atoms with E-state index < -0.39 is 48.3 Å². The molecule has 4 amide bonds. The zero-order chi connectivity index (χ0) is 30.3. The number of phenols is 2. The van der Waals surface area contributed by atoms with Gasteiger partial charge >= 0.3 is 0 Å². The highest BCUT2D eigenvalue weighted by Crippen LogP contribution is 2.31. The number of rotatable bonds is 8. The lowest BCUT2D eigenvalue weighted by Crippen LogP contribution is -2.59. The van der Waals surface area contributed by atoms with E-state index in [-0.39, 0.29) is 50.4 Å². The Hall–Kier alpha value is -4.20. The number of nitrogens with zero attached hydrogens (tertiary/aromatic N) is 2. The van der Waals surface area contributed by atoms with Crippen LogP contribution in [0.25, 0.3) is 11.1 Å². The maximum atomic E-state index is 14.1. The monoisotopic (exact) mass is 569 g/mol. The smallest absolute Gasteiger partial charge is 0.246 e. The number of phenolic OH excluding ortho intramolecular Hbond substituents is 2. The molecule has 0 spiro atoms. The number of aromatic hydroxyl groups is 2. The predicted molar refractivity (Wildman–Crippen MR) is 152 cm³/mol. The van der Waals surface area contributed by atoms with Crippen LogP contribution >= 0.6 is 0 Å². The molecule has 41 heavy (non-hydrogen) atoms. The number of likely N-dealkylation sites (N-methyl/N-ethyl adjacent to an activating group) is 1. The molecule has 11 N–H and O–H groups in total. The summed E-state index contributed by atoms with van der Waals surface area (Å²) in [6.07, 6.45) is 0.235. The summed E-state index contributed by atoms with van der Waals surface area (Å²) in [5, 5.41) is 23.8. The molecule has 13 heteroatoms. The van der Waals surface area contributed by atoms with Crippen LogP contribution in [0.15, 0.2) is 36.4 Å². The normalized spacial score (nSPS) is 19.9. The number of carbonyl (C=O) groups excluding carboxylic acids is 4. The molecule has 3 rings (SSSR count). The van der Waals surface area contributed by atoms with E-state index in [9.17, 15) is 29.4 Å². The minimum absolute atomic E-state index is 0.0271. The fourth-order valence-electron chi connectivity index (χ4n) is 4.92. The zero-order valence-electron chi connectivity index (χ0n) is 23.1. The maximum Gasteiger partial charge on any atom is 0.246 e. The first kappa shape index (κ1) is 31.3. The van der Waals surface area contributed by atoms with Gasteiger partial charge in [0, 0.05) is 33.0 Å². The molecule has 0 aliphatic carbocycles. The van der Waals surface area contributed by atoms with Crippen molar-refractivity contribution in [2.45, 2.75) is 43.8 Å². The van der Waals surface area contributed by atoms with Crippen LogP contribution < -0.4 is 28.3 Å². The summed E-state index contributed by atoms with van der Waals surface area (Å²) < 4.78 is 0. The number of nitrogens with two attached hydrogens (primary N) is 4. The first-order valence-electron chi connectivity index (χ1n) is 13.4. The van der Waals surface area contributed by atoms with E-state index in [2.05, 4.69) is 5.32 Å². The largest absolute Gasteiger partial charge is 0.508 e. The minimum atomic E-state index is -1.36. The van der Waals surface area contributed by atoms with Crippen LogP contribution in [0.3, 0.4) is 0 Å². The van der Waals surface area contributed by atoms with E-state index in [1.807, 2.05) is 0 Å². The van der Waals surface area contributed by atoms with Gasteiger partial charge in [0.25, 0.3) is 0 Å². The maximum absolute atomic E-state index is 14.1. The molecule has 0 aromatic heterocycles. The van der Waals surface area contributed by atoms with Crippen molar-refractivity contribution in [2.75, 3.05) is 33.2 Å². The summed E-state index contributed by atoms with van der Waals surface area (Å²) in [7, 11) is 1.41. The second-order valence-corrected chi connectivity index (χ2v) is 10.1. The van der Waals surface area contributed by atoms with Crippen molar-refractivity contribution in [3.05, 3.63) is 47.5 Å². The summed E-state index contributed by atoms with van der Waals surface area (Å²) in [6.45, 7) is -0.0333. The molecular formula is C28H39N7O6. The topological polar surface area (TPSA) is 231 Å². The number of carbonyl (C=O) groups is 4. The molecule has 0 saturated carbocycles. The number of hydrogen-bond donors (Lipinski definition) is 7. The number of amides is 4. The van der Waals surface area contributed by atoms with E-state index in [0.717, 1.165) is 4.90 Å². The highest BCUT2D eigenvalue weighted by atomic mass is 16.3. The molecule has 1 heterocycles. The van der Waals surface area contributed by atoms with E-state index >= 15 is 0 Å². The number of nitrogens with one attached hydrogen (secondary N) is 1. The Morgan fingerprint density at radius 3 is 2.07 bits per heavy atom. The highest BCUT2D eigenvalue weighted by Gasteiger charge is 2.38. The molecule has 0 unspecified atom stereocenters. The number of benzene rings is 2. The Bertz CT molecular complexity index is 1290. The van der Waals surface area contributed by atoms with E-state index in [0.29, 0.717) is 28.7 Å². The lowest BCUT2D eigenvalue weighted by molar-refractivity contribution is -0.150. The van der Waals surface area contributed by atoms with Gasteiger partial charge in [-0.15, -0.1) is 0 Å². The molecule has 0 saturated heterocycles. The Morgan fingerprint density at radius 1 is 0.951 bits per heavy atom. The van der Waals surface area contributed by atoms with Crippen molar-refractivity contribution in [1.29, 1.82) is 0 Å². The van der Waals surface area contributed by atoms with Gasteiger partial charge in [0.1, 0.15) is 30.1 Å². The third kappa shape index (κ3) is 7.51. The molecule has 0 radical (unpaired) electrons. The van der Waals surface area contributed by atoms with Gasteiger partial charge < -0.3 is 48.3 Å². The van der Waals surface area contributed by atoms with Gasteiger partial charge in [0.15, 0.2) is 0 Å². The third-order valence-corrected chi connectivity index (χ3v) is 7.21. The van der Waals surface area contributed by atoms with Crippen molar-refractivity contribution >= 4 is 23.6 Å². The quantitative estimate of drug-likeness (QED) is 0.196. The minimum Gasteiger partial charge on any atom is -0.508 e. The Morgan fingerprint density at radius 2 is 1.54 bits per heavy atom. The van der Waals surface area contributed by atoms with Gasteiger partial charge in [-0.1, -0.05) is 12.1 Å².